The molecule has 0 aliphatic carbocycles. The molecule has 2 aromatic carbocycles. The molecule has 2 amide bonds. The van der Waals surface area contributed by atoms with Crippen LogP contribution >= 0.6 is 56.9 Å². The number of phenolic OH excluding ortho intramolecular Hbond substituents is 1. The molecule has 3 rings (SSSR count). The van der Waals surface area contributed by atoms with Crippen LogP contribution < -0.4 is 0 Å². The minimum Gasteiger partial charge on any atom is -0.506 e. The van der Waals surface area contributed by atoms with Crippen LogP contribution in [0.2, 0.25) is 0 Å². The maximum atomic E-state index is 12.6. The fourth-order valence-corrected chi connectivity index (χ4v) is 5.16. The first-order chi connectivity index (χ1) is 12.0. The standard InChI is InChI=1S/C18H13I2NO3S/c19-13-8-12(16(22)14(20)10-13)9-15-17(23)21(18(24)25-15)7-6-11-4-2-1-3-5-11/h1-5,8-10,22H,6-7H2/b15-9-. The Kier molecular flexibility index (Phi) is 6.05. The predicted molar refractivity (Wildman–Crippen MR) is 116 cm³/mol. The van der Waals surface area contributed by atoms with Gasteiger partial charge in [0.25, 0.3) is 11.1 Å². The molecule has 1 heterocycles. The van der Waals surface area contributed by atoms with E-state index in [-0.39, 0.29) is 16.9 Å². The Hall–Kier alpha value is -1.07. The Labute approximate surface area is 177 Å². The first kappa shape index (κ1) is 18.7. The van der Waals surface area contributed by atoms with Crippen molar-refractivity contribution < 1.29 is 14.7 Å². The third-order valence-corrected chi connectivity index (χ3v) is 6.04. The Morgan fingerprint density at radius 3 is 2.56 bits per heavy atom. The van der Waals surface area contributed by atoms with E-state index in [1.165, 1.54) is 4.90 Å². The van der Waals surface area contributed by atoms with Gasteiger partial charge in [0.2, 0.25) is 0 Å². The molecule has 0 bridgehead atoms. The van der Waals surface area contributed by atoms with Crippen molar-refractivity contribution in [2.24, 2.45) is 0 Å². The highest BCUT2D eigenvalue weighted by Crippen LogP contribution is 2.35. The molecule has 1 aliphatic rings. The molecule has 1 saturated heterocycles. The lowest BCUT2D eigenvalue weighted by Gasteiger charge is -2.12. The SMILES string of the molecule is O=C1S/C(=C\c2cc(I)cc(I)c2O)C(=O)N1CCc1ccccc1. The van der Waals surface area contributed by atoms with Gasteiger partial charge in [-0.05, 0) is 87.1 Å². The highest BCUT2D eigenvalue weighted by atomic mass is 127. The lowest BCUT2D eigenvalue weighted by atomic mass is 10.1. The van der Waals surface area contributed by atoms with Gasteiger partial charge < -0.3 is 5.11 Å². The molecule has 128 valence electrons. The lowest BCUT2D eigenvalue weighted by molar-refractivity contribution is -0.122. The third-order valence-electron chi connectivity index (χ3n) is 3.68. The van der Waals surface area contributed by atoms with Crippen LogP contribution in [0, 0.1) is 7.14 Å². The van der Waals surface area contributed by atoms with Crippen LogP contribution in [-0.4, -0.2) is 27.7 Å². The second-order valence-electron chi connectivity index (χ2n) is 5.39. The second kappa shape index (κ2) is 8.09. The molecule has 0 radical (unpaired) electrons. The second-order valence-corrected chi connectivity index (χ2v) is 8.80. The van der Waals surface area contributed by atoms with Gasteiger partial charge in [0.05, 0.1) is 8.48 Å². The summed E-state index contributed by atoms with van der Waals surface area (Å²) in [5.41, 5.74) is 1.63. The average Bonchev–Trinajstić information content (AvgIpc) is 2.85. The van der Waals surface area contributed by atoms with Gasteiger partial charge in [-0.2, -0.15) is 0 Å². The number of hydrogen-bond acceptors (Lipinski definition) is 4. The Morgan fingerprint density at radius 1 is 1.12 bits per heavy atom. The van der Waals surface area contributed by atoms with Gasteiger partial charge in [0, 0.05) is 15.7 Å². The van der Waals surface area contributed by atoms with Crippen molar-refractivity contribution in [2.75, 3.05) is 6.54 Å². The zero-order chi connectivity index (χ0) is 18.0. The van der Waals surface area contributed by atoms with Crippen LogP contribution in [0.15, 0.2) is 47.4 Å². The minimum absolute atomic E-state index is 0.122. The van der Waals surface area contributed by atoms with E-state index >= 15 is 0 Å². The Bertz CT molecular complexity index is 868. The summed E-state index contributed by atoms with van der Waals surface area (Å²) in [6, 6.07) is 13.4. The smallest absolute Gasteiger partial charge is 0.293 e. The van der Waals surface area contributed by atoms with E-state index in [4.69, 9.17) is 0 Å². The first-order valence-corrected chi connectivity index (χ1v) is 10.4. The highest BCUT2D eigenvalue weighted by molar-refractivity contribution is 14.1. The lowest BCUT2D eigenvalue weighted by Crippen LogP contribution is -2.30. The first-order valence-electron chi connectivity index (χ1n) is 7.43. The van der Waals surface area contributed by atoms with Gasteiger partial charge >= 0.3 is 0 Å². The monoisotopic (exact) mass is 577 g/mol. The van der Waals surface area contributed by atoms with E-state index in [2.05, 4.69) is 22.6 Å². The number of amides is 2. The number of thioether (sulfide) groups is 1. The quantitative estimate of drug-likeness (QED) is 0.416. The molecule has 0 unspecified atom stereocenters. The van der Waals surface area contributed by atoms with Crippen molar-refractivity contribution in [3.05, 3.63) is 65.6 Å². The third kappa shape index (κ3) is 4.37. The van der Waals surface area contributed by atoms with Crippen LogP contribution in [0.25, 0.3) is 6.08 Å². The van der Waals surface area contributed by atoms with Gasteiger partial charge in [-0.3, -0.25) is 14.5 Å². The summed E-state index contributed by atoms with van der Waals surface area (Å²) in [5.74, 6) is -0.184. The molecule has 2 aromatic rings. The van der Waals surface area contributed by atoms with Crippen molar-refractivity contribution in [3.8, 4) is 5.75 Å². The largest absolute Gasteiger partial charge is 0.506 e. The molecule has 1 N–H and O–H groups in total. The summed E-state index contributed by atoms with van der Waals surface area (Å²) in [4.78, 5) is 26.3. The van der Waals surface area contributed by atoms with Crippen LogP contribution in [0.1, 0.15) is 11.1 Å². The van der Waals surface area contributed by atoms with Crippen molar-refractivity contribution in [1.29, 1.82) is 0 Å². The summed E-state index contributed by atoms with van der Waals surface area (Å²) >= 11 is 5.11. The molecule has 1 aliphatic heterocycles. The van der Waals surface area contributed by atoms with Gasteiger partial charge in [-0.25, -0.2) is 0 Å². The summed E-state index contributed by atoms with van der Waals surface area (Å²) in [5, 5.41) is 9.91. The fourth-order valence-electron chi connectivity index (χ4n) is 2.42. The summed E-state index contributed by atoms with van der Waals surface area (Å²) in [6.07, 6.45) is 2.21. The molecule has 7 heteroatoms. The summed E-state index contributed by atoms with van der Waals surface area (Å²) in [6.45, 7) is 0.349. The molecule has 4 nitrogen and oxygen atoms in total. The van der Waals surface area contributed by atoms with Crippen molar-refractivity contribution in [1.82, 2.24) is 4.90 Å². The predicted octanol–water partition coefficient (Wildman–Crippen LogP) is 4.88. The van der Waals surface area contributed by atoms with Gasteiger partial charge in [-0.15, -0.1) is 0 Å². The Morgan fingerprint density at radius 2 is 1.84 bits per heavy atom. The molecule has 0 saturated carbocycles. The van der Waals surface area contributed by atoms with Crippen molar-refractivity contribution in [2.45, 2.75) is 6.42 Å². The van der Waals surface area contributed by atoms with Crippen LogP contribution in [0.5, 0.6) is 5.75 Å². The number of halogens is 2. The topological polar surface area (TPSA) is 57.6 Å². The highest BCUT2D eigenvalue weighted by Gasteiger charge is 2.34. The van der Waals surface area contributed by atoms with Gasteiger partial charge in [-0.1, -0.05) is 30.3 Å². The van der Waals surface area contributed by atoms with Gasteiger partial charge in [0.15, 0.2) is 0 Å². The van der Waals surface area contributed by atoms with E-state index in [1.807, 2.05) is 59.0 Å². The number of nitrogens with zero attached hydrogens (tertiary/aromatic N) is 1. The summed E-state index contributed by atoms with van der Waals surface area (Å²) in [7, 11) is 0. The maximum absolute atomic E-state index is 12.6. The van der Waals surface area contributed by atoms with E-state index in [0.29, 0.717) is 27.0 Å². The number of aromatic hydroxyl groups is 1. The minimum atomic E-state index is -0.306. The number of imide groups is 1. The number of carbonyl (C=O) groups is 2. The molecule has 25 heavy (non-hydrogen) atoms. The molecule has 0 atom stereocenters. The summed E-state index contributed by atoms with van der Waals surface area (Å²) < 4.78 is 1.66. The fraction of sp³-hybridized carbons (Fsp3) is 0.111. The molecular formula is C18H13I2NO3S. The van der Waals surface area contributed by atoms with E-state index in [1.54, 1.807) is 12.1 Å². The molecule has 0 spiro atoms. The van der Waals surface area contributed by atoms with Crippen LogP contribution in [0.4, 0.5) is 4.79 Å². The molecule has 1 fully saturated rings. The number of benzene rings is 2. The number of phenols is 1. The van der Waals surface area contributed by atoms with E-state index in [0.717, 1.165) is 20.9 Å². The van der Waals surface area contributed by atoms with Crippen molar-refractivity contribution in [3.63, 3.8) is 0 Å². The van der Waals surface area contributed by atoms with Gasteiger partial charge in [0.1, 0.15) is 5.75 Å². The number of rotatable bonds is 4. The normalized spacial score (nSPS) is 16.1. The van der Waals surface area contributed by atoms with E-state index < -0.39 is 0 Å². The molecular weight excluding hydrogens is 564 g/mol. The van der Waals surface area contributed by atoms with Crippen molar-refractivity contribution >= 4 is 74.2 Å². The number of hydrogen-bond donors (Lipinski definition) is 1. The van der Waals surface area contributed by atoms with Crippen LogP contribution in [0.3, 0.4) is 0 Å². The average molecular weight is 577 g/mol. The zero-order valence-electron chi connectivity index (χ0n) is 12.9. The Balaban J connectivity index is 1.79. The number of carbonyl (C=O) groups excluding carboxylic acids is 2. The molecule has 0 aromatic heterocycles. The van der Waals surface area contributed by atoms with Crippen LogP contribution in [-0.2, 0) is 11.2 Å². The zero-order valence-corrected chi connectivity index (χ0v) is 18.0. The maximum Gasteiger partial charge on any atom is 0.293 e. The van der Waals surface area contributed by atoms with E-state index in [9.17, 15) is 14.7 Å².